The maximum Gasteiger partial charge on any atom is 0.259 e. The highest BCUT2D eigenvalue weighted by Crippen LogP contribution is 2.36. The normalized spacial score (nSPS) is 16.1. The summed E-state index contributed by atoms with van der Waals surface area (Å²) in [5, 5.41) is 5.82. The van der Waals surface area contributed by atoms with Gasteiger partial charge >= 0.3 is 0 Å². The predicted molar refractivity (Wildman–Crippen MR) is 166 cm³/mol. The molecule has 42 heavy (non-hydrogen) atoms. The molecule has 0 fully saturated rings. The van der Waals surface area contributed by atoms with Gasteiger partial charge in [0.1, 0.15) is 17.6 Å². The fourth-order valence-electron chi connectivity index (χ4n) is 4.86. The molecule has 0 aromatic heterocycles. The van der Waals surface area contributed by atoms with Gasteiger partial charge in [0.2, 0.25) is 11.8 Å². The predicted octanol–water partition coefficient (Wildman–Crippen LogP) is 5.21. The summed E-state index contributed by atoms with van der Waals surface area (Å²) >= 11 is 1.25. The van der Waals surface area contributed by atoms with E-state index < -0.39 is 11.3 Å². The number of fused-ring (bicyclic) bond motifs is 3. The second-order valence-corrected chi connectivity index (χ2v) is 11.2. The Labute approximate surface area is 249 Å². The molecule has 2 aliphatic heterocycles. The second-order valence-electron chi connectivity index (χ2n) is 10.1. The number of aryl methyl sites for hydroxylation is 1. The molecular weight excluding hydrogens is 550 g/mol. The molecule has 0 spiro atoms. The maximum absolute atomic E-state index is 13.7. The average molecular weight is 584 g/mol. The molecule has 2 heterocycles. The highest BCUT2D eigenvalue weighted by Gasteiger charge is 2.42. The van der Waals surface area contributed by atoms with Crippen molar-refractivity contribution in [1.29, 1.82) is 0 Å². The Hall–Kier alpha value is -4.44. The Morgan fingerprint density at radius 1 is 1.07 bits per heavy atom. The molecular formula is C32H33N5O4S. The van der Waals surface area contributed by atoms with E-state index in [-0.39, 0.29) is 30.6 Å². The Bertz CT molecular complexity index is 1570. The van der Waals surface area contributed by atoms with Crippen molar-refractivity contribution in [3.8, 4) is 5.75 Å². The largest absolute Gasteiger partial charge is 0.496 e. The van der Waals surface area contributed by atoms with E-state index in [0.29, 0.717) is 35.4 Å². The third-order valence-electron chi connectivity index (χ3n) is 7.06. The van der Waals surface area contributed by atoms with Crippen LogP contribution in [0, 0.1) is 6.92 Å². The average Bonchev–Trinajstić information content (AvgIpc) is 3.34. The van der Waals surface area contributed by atoms with Crippen LogP contribution in [0.3, 0.4) is 0 Å². The van der Waals surface area contributed by atoms with Crippen molar-refractivity contribution in [1.82, 2.24) is 10.2 Å². The van der Waals surface area contributed by atoms with Gasteiger partial charge in [-0.3, -0.25) is 19.4 Å². The highest BCUT2D eigenvalue weighted by molar-refractivity contribution is 8.15. The number of amides is 3. The van der Waals surface area contributed by atoms with Crippen LogP contribution in [-0.2, 0) is 20.9 Å². The van der Waals surface area contributed by atoms with Crippen molar-refractivity contribution in [2.75, 3.05) is 12.4 Å². The van der Waals surface area contributed by atoms with Crippen LogP contribution in [0.25, 0.3) is 0 Å². The minimum absolute atomic E-state index is 0.133. The van der Waals surface area contributed by atoms with Gasteiger partial charge in [0.15, 0.2) is 5.17 Å². The fourth-order valence-corrected chi connectivity index (χ4v) is 5.88. The number of nitrogens with zero attached hydrogens (tertiary/aromatic N) is 3. The summed E-state index contributed by atoms with van der Waals surface area (Å²) in [5.41, 5.74) is 4.07. The van der Waals surface area contributed by atoms with Gasteiger partial charge in [-0.05, 0) is 55.7 Å². The van der Waals surface area contributed by atoms with Crippen molar-refractivity contribution in [3.05, 3.63) is 89.5 Å². The van der Waals surface area contributed by atoms with Gasteiger partial charge in [-0.2, -0.15) is 0 Å². The van der Waals surface area contributed by atoms with Gasteiger partial charge in [-0.15, -0.1) is 0 Å². The van der Waals surface area contributed by atoms with Gasteiger partial charge in [0.05, 0.1) is 18.0 Å². The van der Waals surface area contributed by atoms with E-state index in [2.05, 4.69) is 10.6 Å². The van der Waals surface area contributed by atoms with E-state index in [1.165, 1.54) is 16.7 Å². The number of carbonyl (C=O) groups excluding carboxylic acids is 3. The van der Waals surface area contributed by atoms with Crippen LogP contribution in [0.1, 0.15) is 42.9 Å². The van der Waals surface area contributed by atoms with Crippen LogP contribution >= 0.6 is 11.8 Å². The molecule has 0 bridgehead atoms. The van der Waals surface area contributed by atoms with E-state index in [4.69, 9.17) is 14.7 Å². The number of para-hydroxylation sites is 2. The van der Waals surface area contributed by atoms with Crippen LogP contribution in [-0.4, -0.2) is 52.0 Å². The molecule has 0 aliphatic carbocycles. The molecule has 216 valence electrons. The van der Waals surface area contributed by atoms with Crippen LogP contribution in [0.4, 0.5) is 11.4 Å². The SMILES string of the molecule is CCC(SC1=Nc2ccccc2C2=NC(CCC(=O)NCc3ccccc3OC)C(=O)N12)C(=O)Nc1cccc(C)c1. The van der Waals surface area contributed by atoms with Gasteiger partial charge in [0, 0.05) is 29.8 Å². The molecule has 0 saturated heterocycles. The first-order chi connectivity index (χ1) is 20.4. The van der Waals surface area contributed by atoms with Gasteiger partial charge in [0.25, 0.3) is 5.91 Å². The number of hydrogen-bond acceptors (Lipinski definition) is 7. The monoisotopic (exact) mass is 583 g/mol. The van der Waals surface area contributed by atoms with Crippen molar-refractivity contribution in [3.63, 3.8) is 0 Å². The number of rotatable bonds is 10. The van der Waals surface area contributed by atoms with Gasteiger partial charge in [-0.25, -0.2) is 9.89 Å². The third-order valence-corrected chi connectivity index (χ3v) is 8.37. The number of anilines is 1. The quantitative estimate of drug-likeness (QED) is 0.340. The Morgan fingerprint density at radius 2 is 1.86 bits per heavy atom. The van der Waals surface area contributed by atoms with Crippen molar-refractivity contribution in [2.45, 2.75) is 50.9 Å². The Morgan fingerprint density at radius 3 is 2.64 bits per heavy atom. The zero-order valence-electron chi connectivity index (χ0n) is 23.8. The molecule has 2 atom stereocenters. The maximum atomic E-state index is 13.7. The van der Waals surface area contributed by atoms with Crippen LogP contribution in [0.15, 0.2) is 82.8 Å². The van der Waals surface area contributed by atoms with E-state index in [1.807, 2.05) is 86.6 Å². The number of nitrogens with one attached hydrogen (secondary N) is 2. The molecule has 0 radical (unpaired) electrons. The third kappa shape index (κ3) is 6.38. The highest BCUT2D eigenvalue weighted by atomic mass is 32.2. The summed E-state index contributed by atoms with van der Waals surface area (Å²) in [6, 6.07) is 21.9. The molecule has 3 aromatic rings. The molecule has 3 aromatic carbocycles. The van der Waals surface area contributed by atoms with E-state index in [1.54, 1.807) is 7.11 Å². The van der Waals surface area contributed by atoms with E-state index >= 15 is 0 Å². The first-order valence-electron chi connectivity index (χ1n) is 13.9. The van der Waals surface area contributed by atoms with Gasteiger partial charge in [-0.1, -0.05) is 61.2 Å². The molecule has 5 rings (SSSR count). The van der Waals surface area contributed by atoms with Crippen LogP contribution < -0.4 is 15.4 Å². The Balaban J connectivity index is 1.28. The summed E-state index contributed by atoms with van der Waals surface area (Å²) < 4.78 is 5.35. The molecule has 2 aliphatic rings. The molecule has 3 amide bonds. The summed E-state index contributed by atoms with van der Waals surface area (Å²) in [6.45, 7) is 4.22. The number of hydrogen-bond donors (Lipinski definition) is 2. The zero-order valence-corrected chi connectivity index (χ0v) is 24.6. The smallest absolute Gasteiger partial charge is 0.259 e. The molecule has 10 heteroatoms. The topological polar surface area (TPSA) is 112 Å². The lowest BCUT2D eigenvalue weighted by Gasteiger charge is -2.27. The van der Waals surface area contributed by atoms with E-state index in [0.717, 1.165) is 22.4 Å². The van der Waals surface area contributed by atoms with E-state index in [9.17, 15) is 14.4 Å². The number of ether oxygens (including phenoxy) is 1. The van der Waals surface area contributed by atoms with Crippen molar-refractivity contribution >= 4 is 51.9 Å². The lowest BCUT2D eigenvalue weighted by Crippen LogP contribution is -2.42. The lowest BCUT2D eigenvalue weighted by molar-refractivity contribution is -0.125. The zero-order chi connectivity index (χ0) is 29.6. The molecule has 0 saturated carbocycles. The molecule has 2 N–H and O–H groups in total. The number of benzene rings is 3. The van der Waals surface area contributed by atoms with Crippen molar-refractivity contribution < 1.29 is 19.1 Å². The number of aliphatic imine (C=N–C) groups is 2. The lowest BCUT2D eigenvalue weighted by atomic mass is 10.1. The summed E-state index contributed by atoms with van der Waals surface area (Å²) in [7, 11) is 1.59. The van der Waals surface area contributed by atoms with Crippen molar-refractivity contribution in [2.24, 2.45) is 9.98 Å². The Kier molecular flexibility index (Phi) is 9.02. The summed E-state index contributed by atoms with van der Waals surface area (Å²) in [6.07, 6.45) is 0.920. The van der Waals surface area contributed by atoms with Crippen LogP contribution in [0.5, 0.6) is 5.75 Å². The number of carbonyl (C=O) groups is 3. The second kappa shape index (κ2) is 13.0. The summed E-state index contributed by atoms with van der Waals surface area (Å²) in [4.78, 5) is 50.6. The minimum Gasteiger partial charge on any atom is -0.496 e. The minimum atomic E-state index is -0.727. The molecule has 2 unspecified atom stereocenters. The summed E-state index contributed by atoms with van der Waals surface area (Å²) in [5.74, 6) is 0.607. The molecule has 9 nitrogen and oxygen atoms in total. The first-order valence-corrected chi connectivity index (χ1v) is 14.8. The van der Waals surface area contributed by atoms with Crippen LogP contribution in [0.2, 0.25) is 0 Å². The first kappa shape index (κ1) is 29.1. The van der Waals surface area contributed by atoms with Gasteiger partial charge < -0.3 is 15.4 Å². The number of methoxy groups -OCH3 is 1. The fraction of sp³-hybridized carbons (Fsp3) is 0.281. The number of thioether (sulfide) groups is 1. The number of amidine groups is 2. The standard InChI is InChI=1S/C32H33N5O4S/c1-4-27(30(39)34-22-12-9-10-20(2)18-22)42-32-36-24-14-7-6-13-23(24)29-35-25(31(40)37(29)32)16-17-28(38)33-19-21-11-5-8-15-26(21)41-3/h5-15,18,25,27H,4,16-17,19H2,1-3H3,(H,33,38)(H,34,39).